The maximum atomic E-state index is 11.1. The highest BCUT2D eigenvalue weighted by molar-refractivity contribution is 5.80. The van der Waals surface area contributed by atoms with E-state index in [1.54, 1.807) is 12.1 Å². The predicted molar refractivity (Wildman–Crippen MR) is 105 cm³/mol. The van der Waals surface area contributed by atoms with Gasteiger partial charge in [-0.2, -0.15) is 0 Å². The van der Waals surface area contributed by atoms with Gasteiger partial charge in [-0.25, -0.2) is 9.47 Å². The lowest BCUT2D eigenvalue weighted by Crippen LogP contribution is -3.00. The van der Waals surface area contributed by atoms with Crippen LogP contribution in [-0.2, 0) is 6.54 Å². The molecule has 28 heavy (non-hydrogen) atoms. The van der Waals surface area contributed by atoms with Gasteiger partial charge in [0.15, 0.2) is 12.1 Å². The van der Waals surface area contributed by atoms with Gasteiger partial charge >= 0.3 is 0 Å². The van der Waals surface area contributed by atoms with Gasteiger partial charge in [-0.15, -0.1) is 0 Å². The molecule has 2 atom stereocenters. The van der Waals surface area contributed by atoms with Crippen LogP contribution >= 0.6 is 0 Å². The average Bonchev–Trinajstić information content (AvgIpc) is 3.02. The number of allylic oxidation sites excluding steroid dienone is 2. The lowest BCUT2D eigenvalue weighted by molar-refractivity contribution is -0.663. The number of pyridine rings is 1. The third kappa shape index (κ3) is 2.84. The number of hydrogen-bond donors (Lipinski definition) is 0. The van der Waals surface area contributed by atoms with Gasteiger partial charge in [0.2, 0.25) is 0 Å². The third-order valence-electron chi connectivity index (χ3n) is 5.37. The number of aromatic nitrogens is 1. The molecule has 5 nitrogen and oxygen atoms in total. The van der Waals surface area contributed by atoms with Gasteiger partial charge in [-0.3, -0.25) is 10.1 Å². The highest BCUT2D eigenvalue weighted by Crippen LogP contribution is 2.35. The van der Waals surface area contributed by atoms with Crippen LogP contribution in [0.5, 0.6) is 0 Å². The number of nitrogens with zero attached hydrogens (tertiary/aromatic N) is 3. The van der Waals surface area contributed by atoms with E-state index in [9.17, 15) is 10.1 Å². The minimum absolute atomic E-state index is 0. The van der Waals surface area contributed by atoms with Crippen molar-refractivity contribution in [3.05, 3.63) is 101 Å². The molecular formula is C22H18ClN3O2. The van der Waals surface area contributed by atoms with E-state index in [1.165, 1.54) is 5.56 Å². The van der Waals surface area contributed by atoms with Crippen molar-refractivity contribution in [2.75, 3.05) is 4.90 Å². The van der Waals surface area contributed by atoms with Crippen molar-refractivity contribution < 1.29 is 21.9 Å². The van der Waals surface area contributed by atoms with E-state index < -0.39 is 0 Å². The second kappa shape index (κ2) is 7.09. The lowest BCUT2D eigenvalue weighted by atomic mass is 10.0. The Bertz CT molecular complexity index is 1110. The fraction of sp³-hybridized carbons (Fsp3) is 0.136. The number of anilines is 1. The van der Waals surface area contributed by atoms with E-state index in [-0.39, 0.29) is 35.1 Å². The number of fused-ring (bicyclic) bond motifs is 5. The van der Waals surface area contributed by atoms with Crippen molar-refractivity contribution in [3.8, 4) is 0 Å². The van der Waals surface area contributed by atoms with E-state index in [4.69, 9.17) is 0 Å². The molecule has 1 aromatic heterocycles. The average molecular weight is 392 g/mol. The number of halogens is 1. The van der Waals surface area contributed by atoms with Crippen molar-refractivity contribution in [1.82, 2.24) is 0 Å². The molecule has 0 spiro atoms. The third-order valence-corrected chi connectivity index (χ3v) is 5.37. The van der Waals surface area contributed by atoms with E-state index in [0.717, 1.165) is 23.3 Å². The monoisotopic (exact) mass is 391 g/mol. The fourth-order valence-electron chi connectivity index (χ4n) is 4.15. The van der Waals surface area contributed by atoms with Crippen molar-refractivity contribution in [2.24, 2.45) is 0 Å². The Morgan fingerprint density at radius 2 is 1.79 bits per heavy atom. The Balaban J connectivity index is 0.00000192. The summed E-state index contributed by atoms with van der Waals surface area (Å²) >= 11 is 0. The van der Waals surface area contributed by atoms with Crippen LogP contribution in [0, 0.1) is 10.1 Å². The molecular weight excluding hydrogens is 374 g/mol. The molecule has 2 aliphatic rings. The zero-order valence-corrected chi connectivity index (χ0v) is 15.7. The summed E-state index contributed by atoms with van der Waals surface area (Å²) in [6.07, 6.45) is 8.62. The smallest absolute Gasteiger partial charge is 0.278 e. The molecule has 0 bridgehead atoms. The summed E-state index contributed by atoms with van der Waals surface area (Å²) in [6, 6.07) is 20.0. The molecule has 2 unspecified atom stereocenters. The standard InChI is InChI=1S/C22H18N3O2.ClH/c26-25(27)18-11-12-19-17(14-18)10-13-22-23(15-16-6-2-1-3-7-16)20-8-4-5-9-21(20)24(19)22;/h1-14,20-21H,15H2;1H/q+1;/p-1. The molecule has 1 aliphatic carbocycles. The first-order valence-electron chi connectivity index (χ1n) is 9.01. The Morgan fingerprint density at radius 3 is 2.57 bits per heavy atom. The van der Waals surface area contributed by atoms with E-state index in [1.807, 2.05) is 18.2 Å². The molecule has 140 valence electrons. The molecule has 1 aliphatic heterocycles. The van der Waals surface area contributed by atoms with Gasteiger partial charge in [0.05, 0.1) is 4.92 Å². The maximum Gasteiger partial charge on any atom is 0.278 e. The van der Waals surface area contributed by atoms with Crippen LogP contribution in [0.2, 0.25) is 0 Å². The molecule has 0 saturated carbocycles. The Labute approximate surface area is 168 Å². The van der Waals surface area contributed by atoms with Crippen LogP contribution in [0.15, 0.2) is 85.0 Å². The zero-order valence-electron chi connectivity index (χ0n) is 15.0. The van der Waals surface area contributed by atoms with Crippen molar-refractivity contribution >= 4 is 22.4 Å². The first kappa shape index (κ1) is 18.2. The maximum absolute atomic E-state index is 11.1. The van der Waals surface area contributed by atoms with Gasteiger partial charge in [0.25, 0.3) is 11.5 Å². The molecule has 0 radical (unpaired) electrons. The minimum Gasteiger partial charge on any atom is -1.00 e. The second-order valence-electron chi connectivity index (χ2n) is 6.93. The molecule has 0 fully saturated rings. The van der Waals surface area contributed by atoms with Crippen LogP contribution in [0.25, 0.3) is 10.9 Å². The van der Waals surface area contributed by atoms with Crippen LogP contribution in [0.3, 0.4) is 0 Å². The van der Waals surface area contributed by atoms with Crippen molar-refractivity contribution in [2.45, 2.75) is 18.6 Å². The van der Waals surface area contributed by atoms with Crippen molar-refractivity contribution in [3.63, 3.8) is 0 Å². The number of hydrogen-bond acceptors (Lipinski definition) is 3. The summed E-state index contributed by atoms with van der Waals surface area (Å²) in [4.78, 5) is 13.2. The van der Waals surface area contributed by atoms with Gasteiger partial charge in [-0.05, 0) is 29.8 Å². The van der Waals surface area contributed by atoms with Crippen LogP contribution < -0.4 is 21.9 Å². The van der Waals surface area contributed by atoms with Gasteiger partial charge < -0.3 is 12.4 Å². The highest BCUT2D eigenvalue weighted by atomic mass is 35.5. The summed E-state index contributed by atoms with van der Waals surface area (Å²) in [5, 5.41) is 12.0. The van der Waals surface area contributed by atoms with Crippen LogP contribution in [0.4, 0.5) is 11.5 Å². The summed E-state index contributed by atoms with van der Waals surface area (Å²) in [7, 11) is 0. The lowest BCUT2D eigenvalue weighted by Gasteiger charge is -2.19. The number of non-ortho nitro benzene ring substituents is 1. The molecule has 2 heterocycles. The summed E-state index contributed by atoms with van der Waals surface area (Å²) in [5.41, 5.74) is 2.40. The Kier molecular flexibility index (Phi) is 4.61. The zero-order chi connectivity index (χ0) is 18.4. The molecule has 6 heteroatoms. The highest BCUT2D eigenvalue weighted by Gasteiger charge is 2.45. The second-order valence-corrected chi connectivity index (χ2v) is 6.93. The predicted octanol–water partition coefficient (Wildman–Crippen LogP) is 1.10. The van der Waals surface area contributed by atoms with Gasteiger partial charge in [0.1, 0.15) is 12.1 Å². The number of rotatable bonds is 3. The Hall–Kier alpha value is -3.18. The molecule has 5 rings (SSSR count). The van der Waals surface area contributed by atoms with Gasteiger partial charge in [0, 0.05) is 23.6 Å². The SMILES string of the molecule is O=[N+]([O-])c1ccc2c(ccc3[n+]2C2C=CC=CC2N3Cc2ccccc2)c1.[Cl-]. The van der Waals surface area contributed by atoms with E-state index in [2.05, 4.69) is 64.1 Å². The molecule has 2 aromatic carbocycles. The normalized spacial score (nSPS) is 19.2. The molecule has 0 amide bonds. The minimum atomic E-state index is -0.342. The molecule has 0 saturated heterocycles. The number of nitro groups is 1. The molecule has 0 N–H and O–H groups in total. The summed E-state index contributed by atoms with van der Waals surface area (Å²) in [6.45, 7) is 0.818. The van der Waals surface area contributed by atoms with Gasteiger partial charge in [-0.1, -0.05) is 42.5 Å². The van der Waals surface area contributed by atoms with Crippen LogP contribution in [-0.4, -0.2) is 11.0 Å². The van der Waals surface area contributed by atoms with Crippen molar-refractivity contribution in [1.29, 1.82) is 0 Å². The molecule has 3 aromatic rings. The van der Waals surface area contributed by atoms with Crippen LogP contribution in [0.1, 0.15) is 11.6 Å². The van der Waals surface area contributed by atoms with E-state index >= 15 is 0 Å². The Morgan fingerprint density at radius 1 is 1.00 bits per heavy atom. The largest absolute Gasteiger partial charge is 1.00 e. The summed E-state index contributed by atoms with van der Waals surface area (Å²) < 4.78 is 2.30. The number of benzene rings is 2. The number of nitro benzene ring substituents is 1. The quantitative estimate of drug-likeness (QED) is 0.381. The first-order chi connectivity index (χ1) is 13.2. The van der Waals surface area contributed by atoms with E-state index in [0.29, 0.717) is 0 Å². The summed E-state index contributed by atoms with van der Waals surface area (Å²) in [5.74, 6) is 1.13. The fourth-order valence-corrected chi connectivity index (χ4v) is 4.15. The first-order valence-corrected chi connectivity index (χ1v) is 9.01. The topological polar surface area (TPSA) is 50.3 Å².